The predicted molar refractivity (Wildman–Crippen MR) is 87.8 cm³/mol. The molecule has 0 bridgehead atoms. The van der Waals surface area contributed by atoms with E-state index in [-0.39, 0.29) is 0 Å². The molecule has 1 N–H and O–H groups in total. The molecule has 0 rings (SSSR count). The zero-order valence-corrected chi connectivity index (χ0v) is 14.8. The summed E-state index contributed by atoms with van der Waals surface area (Å²) >= 11 is 0. The highest BCUT2D eigenvalue weighted by Crippen LogP contribution is 2.01. The van der Waals surface area contributed by atoms with Crippen LogP contribution in [0.15, 0.2) is 0 Å². The number of nitrogens with one attached hydrogen (secondary N) is 1. The van der Waals surface area contributed by atoms with Crippen molar-refractivity contribution in [2.75, 3.05) is 13.2 Å². The van der Waals surface area contributed by atoms with Crippen LogP contribution in [-0.4, -0.2) is 25.3 Å². The van der Waals surface area contributed by atoms with Crippen molar-refractivity contribution in [1.82, 2.24) is 5.32 Å². The van der Waals surface area contributed by atoms with Gasteiger partial charge in [0, 0.05) is 12.6 Å². The quantitative estimate of drug-likeness (QED) is 0.605. The van der Waals surface area contributed by atoms with E-state index in [0.717, 1.165) is 18.4 Å². The fourth-order valence-electron chi connectivity index (χ4n) is 1.44. The Labute approximate surface area is 122 Å². The van der Waals surface area contributed by atoms with Gasteiger partial charge in [0.2, 0.25) is 0 Å². The molecular formula is C17H39NO. The summed E-state index contributed by atoms with van der Waals surface area (Å²) in [6, 6.07) is 0.646. The minimum atomic E-state index is 0.392. The smallest absolute Gasteiger partial charge is 0.0518 e. The highest BCUT2D eigenvalue weighted by molar-refractivity contribution is 4.53. The summed E-state index contributed by atoms with van der Waals surface area (Å²) in [5.74, 6) is 1.62. The summed E-state index contributed by atoms with van der Waals surface area (Å²) < 4.78 is 5.35. The largest absolute Gasteiger partial charge is 0.379 e. The molecule has 0 unspecified atom stereocenters. The van der Waals surface area contributed by atoms with Crippen LogP contribution >= 0.6 is 0 Å². The molecular weight excluding hydrogens is 234 g/mol. The minimum absolute atomic E-state index is 0.392. The Kier molecular flexibility index (Phi) is 16.0. The first-order chi connectivity index (χ1) is 8.75. The van der Waals surface area contributed by atoms with E-state index in [1.807, 2.05) is 0 Å². The molecule has 0 aromatic rings. The zero-order valence-electron chi connectivity index (χ0n) is 14.8. The van der Waals surface area contributed by atoms with Crippen molar-refractivity contribution in [3.63, 3.8) is 0 Å². The number of hydrogen-bond donors (Lipinski definition) is 1. The molecule has 0 spiro atoms. The van der Waals surface area contributed by atoms with Gasteiger partial charge in [0.25, 0.3) is 0 Å². The molecule has 0 aromatic heterocycles. The summed E-state index contributed by atoms with van der Waals surface area (Å²) in [6.45, 7) is 19.6. The van der Waals surface area contributed by atoms with Crippen LogP contribution in [0.1, 0.15) is 74.7 Å². The van der Waals surface area contributed by atoms with Crippen molar-refractivity contribution in [2.24, 2.45) is 11.8 Å². The number of rotatable bonds is 9. The molecule has 0 fully saturated rings. The van der Waals surface area contributed by atoms with E-state index in [0.29, 0.717) is 12.1 Å². The Morgan fingerprint density at radius 3 is 1.68 bits per heavy atom. The van der Waals surface area contributed by atoms with Crippen molar-refractivity contribution < 1.29 is 4.74 Å². The maximum atomic E-state index is 5.35. The fraction of sp³-hybridized carbons (Fsp3) is 1.00. The predicted octanol–water partition coefficient (Wildman–Crippen LogP) is 4.88. The SMILES string of the molecule is CC(C)CCCNC(C)C.CC(C)CCOC(C)C. The van der Waals surface area contributed by atoms with Crippen LogP contribution in [0.5, 0.6) is 0 Å². The van der Waals surface area contributed by atoms with Gasteiger partial charge in [-0.25, -0.2) is 0 Å². The van der Waals surface area contributed by atoms with Gasteiger partial charge in [-0.2, -0.15) is 0 Å². The maximum Gasteiger partial charge on any atom is 0.0518 e. The Bertz CT molecular complexity index is 147. The van der Waals surface area contributed by atoms with Gasteiger partial charge in [0.15, 0.2) is 0 Å². The summed E-state index contributed by atoms with van der Waals surface area (Å²) in [7, 11) is 0. The lowest BCUT2D eigenvalue weighted by molar-refractivity contribution is 0.0710. The molecule has 0 aliphatic carbocycles. The second-order valence-electron chi connectivity index (χ2n) is 6.75. The first kappa shape index (κ1) is 21.2. The van der Waals surface area contributed by atoms with Crippen LogP contribution in [0, 0.1) is 11.8 Å². The Morgan fingerprint density at radius 1 is 0.789 bits per heavy atom. The molecule has 118 valence electrons. The van der Waals surface area contributed by atoms with Crippen LogP contribution in [-0.2, 0) is 4.74 Å². The molecule has 0 saturated carbocycles. The first-order valence-corrected chi connectivity index (χ1v) is 8.10. The van der Waals surface area contributed by atoms with Crippen molar-refractivity contribution in [3.05, 3.63) is 0 Å². The summed E-state index contributed by atoms with van der Waals surface area (Å²) in [4.78, 5) is 0. The molecule has 0 aromatic carbocycles. The summed E-state index contributed by atoms with van der Waals surface area (Å²) in [5, 5.41) is 3.40. The van der Waals surface area contributed by atoms with Crippen LogP contribution < -0.4 is 5.32 Å². The van der Waals surface area contributed by atoms with E-state index < -0.39 is 0 Å². The highest BCUT2D eigenvalue weighted by Gasteiger charge is 1.95. The Hall–Kier alpha value is -0.0800. The highest BCUT2D eigenvalue weighted by atomic mass is 16.5. The van der Waals surface area contributed by atoms with Crippen LogP contribution in [0.4, 0.5) is 0 Å². The molecule has 19 heavy (non-hydrogen) atoms. The van der Waals surface area contributed by atoms with Crippen LogP contribution in [0.2, 0.25) is 0 Å². The van der Waals surface area contributed by atoms with Crippen LogP contribution in [0.3, 0.4) is 0 Å². The molecule has 2 heteroatoms. The average molecular weight is 274 g/mol. The monoisotopic (exact) mass is 273 g/mol. The third kappa shape index (κ3) is 27.2. The van der Waals surface area contributed by atoms with Crippen molar-refractivity contribution in [1.29, 1.82) is 0 Å². The Morgan fingerprint density at radius 2 is 1.32 bits per heavy atom. The lowest BCUT2D eigenvalue weighted by Gasteiger charge is -2.08. The van der Waals surface area contributed by atoms with Crippen molar-refractivity contribution in [2.45, 2.75) is 86.8 Å². The van der Waals surface area contributed by atoms with Crippen LogP contribution in [0.25, 0.3) is 0 Å². The van der Waals surface area contributed by atoms with Gasteiger partial charge in [0.05, 0.1) is 6.10 Å². The molecule has 2 nitrogen and oxygen atoms in total. The molecule has 0 heterocycles. The lowest BCUT2D eigenvalue weighted by Crippen LogP contribution is -2.23. The molecule has 0 aliphatic heterocycles. The summed E-state index contributed by atoms with van der Waals surface area (Å²) in [6.07, 6.45) is 4.23. The van der Waals surface area contributed by atoms with E-state index in [1.165, 1.54) is 25.8 Å². The second kappa shape index (κ2) is 14.3. The van der Waals surface area contributed by atoms with Gasteiger partial charge in [-0.15, -0.1) is 0 Å². The molecule has 0 radical (unpaired) electrons. The first-order valence-electron chi connectivity index (χ1n) is 8.10. The lowest BCUT2D eigenvalue weighted by atomic mass is 10.1. The van der Waals surface area contributed by atoms with Crippen molar-refractivity contribution in [3.8, 4) is 0 Å². The molecule has 0 atom stereocenters. The van der Waals surface area contributed by atoms with E-state index in [2.05, 4.69) is 60.7 Å². The number of hydrogen-bond acceptors (Lipinski definition) is 2. The van der Waals surface area contributed by atoms with E-state index in [9.17, 15) is 0 Å². The third-order valence-electron chi connectivity index (χ3n) is 2.66. The van der Waals surface area contributed by atoms with E-state index >= 15 is 0 Å². The van der Waals surface area contributed by atoms with Gasteiger partial charge < -0.3 is 10.1 Å². The topological polar surface area (TPSA) is 21.3 Å². The van der Waals surface area contributed by atoms with Gasteiger partial charge in [-0.05, 0) is 51.5 Å². The zero-order chi connectivity index (χ0) is 15.3. The summed E-state index contributed by atoms with van der Waals surface area (Å²) in [5.41, 5.74) is 0. The maximum absolute atomic E-state index is 5.35. The third-order valence-corrected chi connectivity index (χ3v) is 2.66. The molecule has 0 amide bonds. The Balaban J connectivity index is 0. The van der Waals surface area contributed by atoms with Gasteiger partial charge in [-0.1, -0.05) is 41.5 Å². The average Bonchev–Trinajstić information content (AvgIpc) is 2.23. The molecule has 0 saturated heterocycles. The normalized spacial score (nSPS) is 11.4. The molecule has 0 aliphatic rings. The van der Waals surface area contributed by atoms with Gasteiger partial charge in [0.1, 0.15) is 0 Å². The van der Waals surface area contributed by atoms with Gasteiger partial charge >= 0.3 is 0 Å². The standard InChI is InChI=1S/C9H21N.C8H18O/c1-8(2)6-5-7-10-9(3)4;1-7(2)5-6-9-8(3)4/h8-10H,5-7H2,1-4H3;7-8H,5-6H2,1-4H3. The fourth-order valence-corrected chi connectivity index (χ4v) is 1.44. The minimum Gasteiger partial charge on any atom is -0.379 e. The van der Waals surface area contributed by atoms with Crippen molar-refractivity contribution >= 4 is 0 Å². The number of ether oxygens (including phenoxy) is 1. The second-order valence-corrected chi connectivity index (χ2v) is 6.75. The van der Waals surface area contributed by atoms with Gasteiger partial charge in [-0.3, -0.25) is 0 Å². The van der Waals surface area contributed by atoms with E-state index in [1.54, 1.807) is 0 Å². The van der Waals surface area contributed by atoms with E-state index in [4.69, 9.17) is 4.74 Å².